The topological polar surface area (TPSA) is 25.8 Å². The van der Waals surface area contributed by atoms with Gasteiger partial charge in [-0.05, 0) is 12.1 Å². The maximum Gasteiger partial charge on any atom is 0.0788 e. The molecule has 0 aromatic carbocycles. The number of aromatic nitrogens is 2. The van der Waals surface area contributed by atoms with Gasteiger partial charge in [-0.3, -0.25) is 9.97 Å². The smallest absolute Gasteiger partial charge is 0.0788 e. The zero-order valence-corrected chi connectivity index (χ0v) is 6.36. The largest absolute Gasteiger partial charge is 0.264 e. The van der Waals surface area contributed by atoms with Gasteiger partial charge >= 0.3 is 0 Å². The Bertz CT molecular complexity index is 305. The molecule has 0 atom stereocenters. The van der Waals surface area contributed by atoms with Gasteiger partial charge in [0.1, 0.15) is 0 Å². The zero-order valence-electron chi connectivity index (χ0n) is 6.36. The number of rotatable bonds is 1. The van der Waals surface area contributed by atoms with Crippen LogP contribution in [0.2, 0.25) is 0 Å². The van der Waals surface area contributed by atoms with Crippen LogP contribution in [-0.2, 0) is 0 Å². The Morgan fingerprint density at radius 2 is 2.17 bits per heavy atom. The molecule has 0 saturated carbocycles. The van der Waals surface area contributed by atoms with Gasteiger partial charge in [-0.25, -0.2) is 0 Å². The van der Waals surface area contributed by atoms with Crippen molar-refractivity contribution in [1.29, 1.82) is 0 Å². The van der Waals surface area contributed by atoms with E-state index in [-0.39, 0.29) is 0 Å². The SMILES string of the molecule is [c]1cnccc1-c1[c]cccn1. The molecule has 2 heteroatoms. The van der Waals surface area contributed by atoms with Gasteiger partial charge in [0.15, 0.2) is 0 Å². The summed E-state index contributed by atoms with van der Waals surface area (Å²) in [4.78, 5) is 8.01. The third-order valence-corrected chi connectivity index (χ3v) is 1.48. The third-order valence-electron chi connectivity index (χ3n) is 1.48. The minimum absolute atomic E-state index is 0.805. The average molecular weight is 154 g/mol. The Morgan fingerprint density at radius 3 is 2.83 bits per heavy atom. The van der Waals surface area contributed by atoms with Gasteiger partial charge < -0.3 is 0 Å². The monoisotopic (exact) mass is 154 g/mol. The predicted octanol–water partition coefficient (Wildman–Crippen LogP) is 1.74. The summed E-state index contributed by atoms with van der Waals surface area (Å²) in [6.07, 6.45) is 5.08. The van der Waals surface area contributed by atoms with E-state index in [4.69, 9.17) is 0 Å². The second-order valence-corrected chi connectivity index (χ2v) is 2.28. The van der Waals surface area contributed by atoms with Gasteiger partial charge in [0.05, 0.1) is 5.69 Å². The van der Waals surface area contributed by atoms with Crippen molar-refractivity contribution in [3.8, 4) is 11.3 Å². The van der Waals surface area contributed by atoms with Crippen LogP contribution >= 0.6 is 0 Å². The lowest BCUT2D eigenvalue weighted by molar-refractivity contribution is 1.28. The molecule has 2 aromatic heterocycles. The molecule has 0 spiro atoms. The third kappa shape index (κ3) is 1.32. The first kappa shape index (κ1) is 6.98. The van der Waals surface area contributed by atoms with Gasteiger partial charge in [-0.15, -0.1) is 0 Å². The summed E-state index contributed by atoms with van der Waals surface area (Å²) in [7, 11) is 0. The fourth-order valence-corrected chi connectivity index (χ4v) is 0.935. The Hall–Kier alpha value is -1.70. The summed E-state index contributed by atoms with van der Waals surface area (Å²) in [5.41, 5.74) is 1.73. The highest BCUT2D eigenvalue weighted by atomic mass is 14.7. The Balaban J connectivity index is 2.46. The lowest BCUT2D eigenvalue weighted by atomic mass is 10.2. The van der Waals surface area contributed by atoms with Crippen molar-refractivity contribution >= 4 is 0 Å². The normalized spacial score (nSPS) is 9.67. The minimum Gasteiger partial charge on any atom is -0.264 e. The summed E-state index contributed by atoms with van der Waals surface area (Å²) < 4.78 is 0. The first-order valence-electron chi connectivity index (χ1n) is 3.61. The fourth-order valence-electron chi connectivity index (χ4n) is 0.935. The molecule has 0 unspecified atom stereocenters. The molecule has 0 fully saturated rings. The van der Waals surface area contributed by atoms with E-state index < -0.39 is 0 Å². The lowest BCUT2D eigenvalue weighted by Gasteiger charge is -1.95. The summed E-state index contributed by atoms with van der Waals surface area (Å²) in [6, 6.07) is 11.5. The molecule has 12 heavy (non-hydrogen) atoms. The molecule has 2 nitrogen and oxygen atoms in total. The summed E-state index contributed by atoms with van der Waals surface area (Å²) in [5, 5.41) is 0. The molecule has 2 heterocycles. The molecule has 0 amide bonds. The van der Waals surface area contributed by atoms with E-state index in [0.29, 0.717) is 0 Å². The van der Waals surface area contributed by atoms with E-state index in [1.165, 1.54) is 0 Å². The van der Waals surface area contributed by atoms with Crippen LogP contribution in [0.25, 0.3) is 11.3 Å². The average Bonchev–Trinajstić information content (AvgIpc) is 2.21. The van der Waals surface area contributed by atoms with Crippen molar-refractivity contribution < 1.29 is 0 Å². The molecule has 0 bridgehead atoms. The fraction of sp³-hybridized carbons (Fsp3) is 0. The quantitative estimate of drug-likeness (QED) is 0.625. The maximum absolute atomic E-state index is 4.13. The molecule has 2 aromatic rings. The Morgan fingerprint density at radius 1 is 1.17 bits per heavy atom. The number of nitrogens with zero attached hydrogens (tertiary/aromatic N) is 2. The predicted molar refractivity (Wildman–Crippen MR) is 45.1 cm³/mol. The minimum atomic E-state index is 0.805. The van der Waals surface area contributed by atoms with Crippen molar-refractivity contribution in [1.82, 2.24) is 9.97 Å². The van der Waals surface area contributed by atoms with Crippen LogP contribution in [-0.4, -0.2) is 9.97 Å². The van der Waals surface area contributed by atoms with Gasteiger partial charge in [0.25, 0.3) is 0 Å². The summed E-state index contributed by atoms with van der Waals surface area (Å²) >= 11 is 0. The van der Waals surface area contributed by atoms with E-state index in [2.05, 4.69) is 22.1 Å². The molecular weight excluding hydrogens is 148 g/mol. The molecule has 2 radical (unpaired) electrons. The second-order valence-electron chi connectivity index (χ2n) is 2.28. The highest BCUT2D eigenvalue weighted by molar-refractivity contribution is 5.55. The molecule has 0 saturated heterocycles. The van der Waals surface area contributed by atoms with Crippen molar-refractivity contribution in [3.63, 3.8) is 0 Å². The van der Waals surface area contributed by atoms with Gasteiger partial charge in [0, 0.05) is 36.3 Å². The van der Waals surface area contributed by atoms with Crippen LogP contribution in [0.5, 0.6) is 0 Å². The number of hydrogen-bond donors (Lipinski definition) is 0. The first-order valence-corrected chi connectivity index (χ1v) is 3.61. The molecular formula is C10H6N2. The number of hydrogen-bond acceptors (Lipinski definition) is 2. The molecule has 0 N–H and O–H groups in total. The first-order chi connectivity index (χ1) is 5.97. The molecule has 56 valence electrons. The van der Waals surface area contributed by atoms with E-state index >= 15 is 0 Å². The van der Waals surface area contributed by atoms with Crippen molar-refractivity contribution in [2.75, 3.05) is 0 Å². The van der Waals surface area contributed by atoms with E-state index in [1.807, 2.05) is 18.2 Å². The molecule has 0 aliphatic carbocycles. The standard InChI is InChI=1S/C10H6N2/c1-2-6-12-10(3-1)9-4-7-11-8-5-9/h1-2,4,6-8H. The zero-order chi connectivity index (χ0) is 8.23. The van der Waals surface area contributed by atoms with Crippen LogP contribution in [0, 0.1) is 12.1 Å². The molecule has 2 rings (SSSR count). The number of pyridine rings is 2. The van der Waals surface area contributed by atoms with Gasteiger partial charge in [-0.1, -0.05) is 6.07 Å². The Labute approximate surface area is 70.9 Å². The van der Waals surface area contributed by atoms with Gasteiger partial charge in [-0.2, -0.15) is 0 Å². The second kappa shape index (κ2) is 3.13. The van der Waals surface area contributed by atoms with E-state index in [0.717, 1.165) is 11.3 Å². The molecule has 0 aliphatic rings. The van der Waals surface area contributed by atoms with Crippen LogP contribution in [0.15, 0.2) is 36.8 Å². The van der Waals surface area contributed by atoms with Crippen LogP contribution in [0.1, 0.15) is 0 Å². The van der Waals surface area contributed by atoms with Crippen LogP contribution in [0.3, 0.4) is 0 Å². The van der Waals surface area contributed by atoms with Crippen molar-refractivity contribution in [2.45, 2.75) is 0 Å². The van der Waals surface area contributed by atoms with E-state index in [1.54, 1.807) is 18.6 Å². The maximum atomic E-state index is 4.13. The lowest BCUT2D eigenvalue weighted by Crippen LogP contribution is -1.81. The summed E-state index contributed by atoms with van der Waals surface area (Å²) in [5.74, 6) is 0. The van der Waals surface area contributed by atoms with E-state index in [9.17, 15) is 0 Å². The van der Waals surface area contributed by atoms with Crippen molar-refractivity contribution in [3.05, 3.63) is 48.9 Å². The highest BCUT2D eigenvalue weighted by Gasteiger charge is 1.95. The molecule has 0 aliphatic heterocycles. The summed E-state index contributed by atoms with van der Waals surface area (Å²) in [6.45, 7) is 0. The Kier molecular flexibility index (Phi) is 1.82. The van der Waals surface area contributed by atoms with Gasteiger partial charge in [0.2, 0.25) is 0 Å². The van der Waals surface area contributed by atoms with Crippen LogP contribution in [0.4, 0.5) is 0 Å². The highest BCUT2D eigenvalue weighted by Crippen LogP contribution is 2.12. The van der Waals surface area contributed by atoms with Crippen molar-refractivity contribution in [2.24, 2.45) is 0 Å². The van der Waals surface area contributed by atoms with Crippen LogP contribution < -0.4 is 0 Å².